The SMILES string of the molecule is COc1cccc(OC)c1/C(O)=C1\C(=O)C(=O)N(c2ccc(OCC(C)C)cc2)C1c1ccccc1C. The van der Waals surface area contributed by atoms with Crippen LogP contribution in [-0.2, 0) is 9.59 Å². The summed E-state index contributed by atoms with van der Waals surface area (Å²) in [6.45, 7) is 6.59. The minimum absolute atomic E-state index is 0.0396. The fourth-order valence-corrected chi connectivity index (χ4v) is 4.47. The number of nitrogens with zero attached hydrogens (tertiary/aromatic N) is 1. The number of amides is 1. The molecule has 1 amide bonds. The molecule has 0 aliphatic carbocycles. The number of aliphatic hydroxyl groups excluding tert-OH is 1. The molecule has 3 aromatic carbocycles. The molecular weight excluding hydrogens is 470 g/mol. The van der Waals surface area contributed by atoms with Gasteiger partial charge in [-0.3, -0.25) is 14.5 Å². The number of aryl methyl sites for hydroxylation is 1. The molecule has 1 aliphatic rings. The van der Waals surface area contributed by atoms with Crippen LogP contribution in [0.3, 0.4) is 0 Å². The molecule has 4 rings (SSSR count). The third kappa shape index (κ3) is 4.89. The Kier molecular flexibility index (Phi) is 7.53. The standard InChI is InChI=1S/C30H31NO6/c1-18(2)17-37-21-15-13-20(14-16-21)31-27(22-10-7-6-9-19(22)3)26(29(33)30(31)34)28(32)25-23(35-4)11-8-12-24(25)36-5/h6-16,18,27,32H,17H2,1-5H3/b28-26+. The summed E-state index contributed by atoms with van der Waals surface area (Å²) < 4.78 is 16.7. The zero-order chi connectivity index (χ0) is 26.7. The van der Waals surface area contributed by atoms with Crippen molar-refractivity contribution in [3.05, 3.63) is 89.0 Å². The first-order valence-electron chi connectivity index (χ1n) is 12.1. The van der Waals surface area contributed by atoms with Crippen molar-refractivity contribution < 1.29 is 28.9 Å². The number of benzene rings is 3. The van der Waals surface area contributed by atoms with Gasteiger partial charge in [0, 0.05) is 5.69 Å². The minimum atomic E-state index is -0.863. The summed E-state index contributed by atoms with van der Waals surface area (Å²) in [5.74, 6) is -0.221. The topological polar surface area (TPSA) is 85.3 Å². The number of aliphatic hydroxyl groups is 1. The third-order valence-electron chi connectivity index (χ3n) is 6.29. The number of hydrogen-bond donors (Lipinski definition) is 1. The van der Waals surface area contributed by atoms with Gasteiger partial charge in [-0.25, -0.2) is 0 Å². The Bertz CT molecular complexity index is 1320. The quantitative estimate of drug-likeness (QED) is 0.243. The molecule has 37 heavy (non-hydrogen) atoms. The molecule has 192 valence electrons. The second kappa shape index (κ2) is 10.8. The lowest BCUT2D eigenvalue weighted by atomic mass is 9.92. The van der Waals surface area contributed by atoms with Gasteiger partial charge in [0.2, 0.25) is 0 Å². The number of methoxy groups -OCH3 is 2. The van der Waals surface area contributed by atoms with Crippen LogP contribution in [0, 0.1) is 12.8 Å². The van der Waals surface area contributed by atoms with Crippen molar-refractivity contribution in [2.24, 2.45) is 5.92 Å². The largest absolute Gasteiger partial charge is 0.506 e. The van der Waals surface area contributed by atoms with E-state index in [-0.39, 0.29) is 16.9 Å². The van der Waals surface area contributed by atoms with Crippen molar-refractivity contribution in [1.82, 2.24) is 0 Å². The van der Waals surface area contributed by atoms with Crippen LogP contribution in [0.15, 0.2) is 72.3 Å². The fourth-order valence-electron chi connectivity index (χ4n) is 4.47. The van der Waals surface area contributed by atoms with E-state index in [0.29, 0.717) is 35.5 Å². The van der Waals surface area contributed by atoms with Gasteiger partial charge in [0.25, 0.3) is 11.7 Å². The van der Waals surface area contributed by atoms with Crippen LogP contribution in [0.25, 0.3) is 5.76 Å². The molecule has 0 aromatic heterocycles. The van der Waals surface area contributed by atoms with Crippen LogP contribution < -0.4 is 19.1 Å². The molecule has 1 aliphatic heterocycles. The predicted molar refractivity (Wildman–Crippen MR) is 142 cm³/mol. The first-order chi connectivity index (χ1) is 17.8. The Hall–Kier alpha value is -4.26. The van der Waals surface area contributed by atoms with Gasteiger partial charge in [0.1, 0.15) is 28.6 Å². The number of Topliss-reactive ketones (excluding diaryl/α,β-unsaturated/α-hetero) is 1. The number of carbonyl (C=O) groups excluding carboxylic acids is 2. The maximum absolute atomic E-state index is 13.5. The number of rotatable bonds is 8. The molecule has 0 radical (unpaired) electrons. The van der Waals surface area contributed by atoms with E-state index in [1.807, 2.05) is 31.2 Å². The summed E-state index contributed by atoms with van der Waals surface area (Å²) in [7, 11) is 2.93. The average molecular weight is 502 g/mol. The Morgan fingerprint density at radius 2 is 1.54 bits per heavy atom. The van der Waals surface area contributed by atoms with Crippen molar-refractivity contribution in [3.8, 4) is 17.2 Å². The van der Waals surface area contributed by atoms with E-state index in [9.17, 15) is 14.7 Å². The number of ether oxygens (including phenoxy) is 3. The fraction of sp³-hybridized carbons (Fsp3) is 0.267. The van der Waals surface area contributed by atoms with E-state index < -0.39 is 17.7 Å². The monoisotopic (exact) mass is 501 g/mol. The maximum atomic E-state index is 13.5. The number of ketones is 1. The summed E-state index contributed by atoms with van der Waals surface area (Å²) in [4.78, 5) is 28.4. The predicted octanol–water partition coefficient (Wildman–Crippen LogP) is 5.67. The molecule has 0 saturated carbocycles. The molecule has 3 aromatic rings. The highest BCUT2D eigenvalue weighted by atomic mass is 16.5. The molecule has 0 bridgehead atoms. The molecule has 7 nitrogen and oxygen atoms in total. The highest BCUT2D eigenvalue weighted by molar-refractivity contribution is 6.51. The van der Waals surface area contributed by atoms with E-state index >= 15 is 0 Å². The van der Waals surface area contributed by atoms with Crippen molar-refractivity contribution in [3.63, 3.8) is 0 Å². The summed E-state index contributed by atoms with van der Waals surface area (Å²) >= 11 is 0. The summed E-state index contributed by atoms with van der Waals surface area (Å²) in [5, 5.41) is 11.6. The van der Waals surface area contributed by atoms with E-state index in [4.69, 9.17) is 14.2 Å². The third-order valence-corrected chi connectivity index (χ3v) is 6.29. The molecule has 1 saturated heterocycles. The highest BCUT2D eigenvalue weighted by Crippen LogP contribution is 2.45. The summed E-state index contributed by atoms with van der Waals surface area (Å²) in [6, 6.07) is 18.7. The number of anilines is 1. The van der Waals surface area contributed by atoms with Crippen LogP contribution in [0.2, 0.25) is 0 Å². The lowest BCUT2D eigenvalue weighted by Gasteiger charge is -2.27. The van der Waals surface area contributed by atoms with Crippen LogP contribution in [0.5, 0.6) is 17.2 Å². The molecule has 1 atom stereocenters. The Morgan fingerprint density at radius 3 is 2.11 bits per heavy atom. The Balaban J connectivity index is 1.91. The second-order valence-corrected chi connectivity index (χ2v) is 9.26. The van der Waals surface area contributed by atoms with Gasteiger partial charge in [-0.2, -0.15) is 0 Å². The second-order valence-electron chi connectivity index (χ2n) is 9.26. The molecule has 0 spiro atoms. The van der Waals surface area contributed by atoms with Gasteiger partial charge in [0.15, 0.2) is 0 Å². The number of carbonyl (C=O) groups is 2. The lowest BCUT2D eigenvalue weighted by molar-refractivity contribution is -0.132. The highest BCUT2D eigenvalue weighted by Gasteiger charge is 2.48. The first kappa shape index (κ1) is 25.8. The zero-order valence-electron chi connectivity index (χ0n) is 21.6. The van der Waals surface area contributed by atoms with E-state index in [2.05, 4.69) is 13.8 Å². The molecule has 1 heterocycles. The summed E-state index contributed by atoms with van der Waals surface area (Å²) in [5.41, 5.74) is 2.27. The molecular formula is C30H31NO6. The smallest absolute Gasteiger partial charge is 0.300 e. The van der Waals surface area contributed by atoms with Crippen molar-refractivity contribution in [2.45, 2.75) is 26.8 Å². The number of hydrogen-bond acceptors (Lipinski definition) is 6. The van der Waals surface area contributed by atoms with Crippen LogP contribution in [-0.4, -0.2) is 37.6 Å². The van der Waals surface area contributed by atoms with E-state index in [1.165, 1.54) is 19.1 Å². The molecule has 7 heteroatoms. The van der Waals surface area contributed by atoms with Gasteiger partial charge < -0.3 is 19.3 Å². The van der Waals surface area contributed by atoms with Gasteiger partial charge in [-0.15, -0.1) is 0 Å². The zero-order valence-corrected chi connectivity index (χ0v) is 21.6. The summed E-state index contributed by atoms with van der Waals surface area (Å²) in [6.07, 6.45) is 0. The Morgan fingerprint density at radius 1 is 0.919 bits per heavy atom. The van der Waals surface area contributed by atoms with Crippen LogP contribution >= 0.6 is 0 Å². The Labute approximate surface area is 216 Å². The van der Waals surface area contributed by atoms with Gasteiger partial charge in [-0.05, 0) is 60.4 Å². The molecule has 1 unspecified atom stereocenters. The van der Waals surface area contributed by atoms with Gasteiger partial charge in [-0.1, -0.05) is 44.2 Å². The van der Waals surface area contributed by atoms with Gasteiger partial charge in [0.05, 0.1) is 32.4 Å². The van der Waals surface area contributed by atoms with Crippen LogP contribution in [0.4, 0.5) is 5.69 Å². The average Bonchev–Trinajstić information content (AvgIpc) is 3.17. The molecule has 1 N–H and O–H groups in total. The first-order valence-corrected chi connectivity index (χ1v) is 12.1. The van der Waals surface area contributed by atoms with E-state index in [1.54, 1.807) is 42.5 Å². The van der Waals surface area contributed by atoms with Crippen molar-refractivity contribution in [2.75, 3.05) is 25.7 Å². The maximum Gasteiger partial charge on any atom is 0.300 e. The van der Waals surface area contributed by atoms with Crippen LogP contribution in [0.1, 0.15) is 36.6 Å². The van der Waals surface area contributed by atoms with Crippen molar-refractivity contribution in [1.29, 1.82) is 0 Å². The normalized spacial score (nSPS) is 16.8. The van der Waals surface area contributed by atoms with E-state index in [0.717, 1.165) is 11.1 Å². The minimum Gasteiger partial charge on any atom is -0.506 e. The lowest BCUT2D eigenvalue weighted by Crippen LogP contribution is -2.29. The van der Waals surface area contributed by atoms with Gasteiger partial charge >= 0.3 is 0 Å². The molecule has 1 fully saturated rings. The van der Waals surface area contributed by atoms with Crippen molar-refractivity contribution >= 4 is 23.1 Å².